The SMILES string of the molecule is CCCCOC(=O)NC(Cc1cc(F)cc(F)c1)c1ncc(N)cc1Br. The van der Waals surface area contributed by atoms with Crippen LogP contribution in [0.1, 0.15) is 37.1 Å². The van der Waals surface area contributed by atoms with Gasteiger partial charge in [0.25, 0.3) is 0 Å². The number of carbonyl (C=O) groups excluding carboxylic acids is 1. The minimum Gasteiger partial charge on any atom is -0.450 e. The number of amides is 1. The van der Waals surface area contributed by atoms with E-state index in [4.69, 9.17) is 10.5 Å². The third-order valence-electron chi connectivity index (χ3n) is 3.61. The zero-order valence-electron chi connectivity index (χ0n) is 14.3. The van der Waals surface area contributed by atoms with E-state index in [1.807, 2.05) is 6.92 Å². The quantitative estimate of drug-likeness (QED) is 0.636. The third-order valence-corrected chi connectivity index (χ3v) is 4.24. The fraction of sp³-hybridized carbons (Fsp3) is 0.333. The van der Waals surface area contributed by atoms with Gasteiger partial charge in [0.15, 0.2) is 0 Å². The van der Waals surface area contributed by atoms with Gasteiger partial charge in [0.2, 0.25) is 0 Å². The first kappa shape index (κ1) is 20.1. The van der Waals surface area contributed by atoms with E-state index in [9.17, 15) is 13.6 Å². The second kappa shape index (κ2) is 9.47. The van der Waals surface area contributed by atoms with Gasteiger partial charge in [-0.2, -0.15) is 0 Å². The van der Waals surface area contributed by atoms with Crippen molar-refractivity contribution in [2.45, 2.75) is 32.2 Å². The Morgan fingerprint density at radius 2 is 2.00 bits per heavy atom. The average molecular weight is 428 g/mol. The molecule has 8 heteroatoms. The molecule has 0 aliphatic rings. The Bertz CT molecular complexity index is 754. The number of pyridine rings is 1. The Balaban J connectivity index is 2.24. The Kier molecular flexibility index (Phi) is 7.32. The van der Waals surface area contributed by atoms with E-state index < -0.39 is 23.8 Å². The van der Waals surface area contributed by atoms with Crippen LogP contribution >= 0.6 is 15.9 Å². The smallest absolute Gasteiger partial charge is 0.407 e. The minimum absolute atomic E-state index is 0.132. The van der Waals surface area contributed by atoms with Crippen LogP contribution in [-0.2, 0) is 11.2 Å². The second-order valence-corrected chi connectivity index (χ2v) is 6.66. The number of benzene rings is 1. The Hall–Kier alpha value is -2.22. The van der Waals surface area contributed by atoms with Gasteiger partial charge in [0.05, 0.1) is 30.2 Å². The number of carbonyl (C=O) groups is 1. The van der Waals surface area contributed by atoms with E-state index in [1.54, 1.807) is 6.07 Å². The Morgan fingerprint density at radius 1 is 1.31 bits per heavy atom. The molecule has 0 aliphatic carbocycles. The predicted molar refractivity (Wildman–Crippen MR) is 98.5 cm³/mol. The largest absolute Gasteiger partial charge is 0.450 e. The lowest BCUT2D eigenvalue weighted by molar-refractivity contribution is 0.140. The first-order valence-corrected chi connectivity index (χ1v) is 8.97. The number of aromatic nitrogens is 1. The van der Waals surface area contributed by atoms with Gasteiger partial charge < -0.3 is 15.8 Å². The van der Waals surface area contributed by atoms with Crippen LogP contribution in [-0.4, -0.2) is 17.7 Å². The molecule has 0 aliphatic heterocycles. The van der Waals surface area contributed by atoms with Crippen molar-refractivity contribution < 1.29 is 18.3 Å². The van der Waals surface area contributed by atoms with Crippen molar-refractivity contribution in [2.75, 3.05) is 12.3 Å². The average Bonchev–Trinajstić information content (AvgIpc) is 2.53. The van der Waals surface area contributed by atoms with Gasteiger partial charge >= 0.3 is 6.09 Å². The molecule has 2 rings (SSSR count). The van der Waals surface area contributed by atoms with Gasteiger partial charge in [-0.1, -0.05) is 13.3 Å². The number of halogens is 3. The van der Waals surface area contributed by atoms with Crippen LogP contribution in [0.25, 0.3) is 0 Å². The molecule has 0 fully saturated rings. The minimum atomic E-state index is -0.686. The molecule has 0 saturated heterocycles. The molecule has 140 valence electrons. The molecular formula is C18H20BrF2N3O2. The van der Waals surface area contributed by atoms with Crippen molar-refractivity contribution in [3.63, 3.8) is 0 Å². The van der Waals surface area contributed by atoms with Crippen molar-refractivity contribution in [1.82, 2.24) is 10.3 Å². The summed E-state index contributed by atoms with van der Waals surface area (Å²) in [7, 11) is 0. The summed E-state index contributed by atoms with van der Waals surface area (Å²) in [5, 5.41) is 2.70. The summed E-state index contributed by atoms with van der Waals surface area (Å²) in [6.45, 7) is 2.28. The van der Waals surface area contributed by atoms with Crippen LogP contribution in [0.5, 0.6) is 0 Å². The molecule has 0 bridgehead atoms. The lowest BCUT2D eigenvalue weighted by atomic mass is 10.0. The zero-order chi connectivity index (χ0) is 19.1. The molecule has 5 nitrogen and oxygen atoms in total. The van der Waals surface area contributed by atoms with Crippen LogP contribution in [0.3, 0.4) is 0 Å². The summed E-state index contributed by atoms with van der Waals surface area (Å²) in [6, 6.07) is 4.21. The molecule has 1 amide bonds. The molecule has 0 saturated carbocycles. The fourth-order valence-electron chi connectivity index (χ4n) is 2.39. The van der Waals surface area contributed by atoms with E-state index >= 15 is 0 Å². The van der Waals surface area contributed by atoms with Crippen LogP contribution < -0.4 is 11.1 Å². The molecule has 1 heterocycles. The van der Waals surface area contributed by atoms with E-state index in [1.165, 1.54) is 18.3 Å². The van der Waals surface area contributed by atoms with Gasteiger partial charge in [0.1, 0.15) is 11.6 Å². The number of nitrogens with one attached hydrogen (secondary N) is 1. The molecule has 0 spiro atoms. The standard InChI is InChI=1S/C18H20BrF2N3O2/c1-2-3-4-26-18(25)24-16(17-15(19)9-14(22)10-23-17)7-11-5-12(20)8-13(21)6-11/h5-6,8-10,16H,2-4,7,22H2,1H3,(H,24,25). The van der Waals surface area contributed by atoms with Gasteiger partial charge in [-0.25, -0.2) is 13.6 Å². The van der Waals surface area contributed by atoms with Gasteiger partial charge in [-0.05, 0) is 52.5 Å². The maximum atomic E-state index is 13.5. The van der Waals surface area contributed by atoms with Crippen molar-refractivity contribution in [3.8, 4) is 0 Å². The number of alkyl carbamates (subject to hydrolysis) is 1. The normalized spacial score (nSPS) is 11.8. The molecule has 3 N–H and O–H groups in total. The molecule has 2 aromatic rings. The molecule has 1 atom stereocenters. The topological polar surface area (TPSA) is 77.2 Å². The maximum Gasteiger partial charge on any atom is 0.407 e. The fourth-order valence-corrected chi connectivity index (χ4v) is 3.04. The van der Waals surface area contributed by atoms with Crippen molar-refractivity contribution >= 4 is 27.7 Å². The summed E-state index contributed by atoms with van der Waals surface area (Å²) < 4.78 is 32.7. The third kappa shape index (κ3) is 5.94. The van der Waals surface area contributed by atoms with E-state index in [0.717, 1.165) is 18.9 Å². The summed E-state index contributed by atoms with van der Waals surface area (Å²) in [4.78, 5) is 16.3. The summed E-state index contributed by atoms with van der Waals surface area (Å²) in [6.07, 6.45) is 2.60. The number of hydrogen-bond donors (Lipinski definition) is 2. The number of nitrogen functional groups attached to an aromatic ring is 1. The summed E-state index contributed by atoms with van der Waals surface area (Å²) in [5.74, 6) is -1.37. The van der Waals surface area contributed by atoms with Crippen LogP contribution in [0, 0.1) is 11.6 Å². The maximum absolute atomic E-state index is 13.5. The van der Waals surface area contributed by atoms with Gasteiger partial charge in [-0.3, -0.25) is 4.98 Å². The molecular weight excluding hydrogens is 408 g/mol. The molecule has 1 aromatic heterocycles. The lowest BCUT2D eigenvalue weighted by Crippen LogP contribution is -2.31. The van der Waals surface area contributed by atoms with Crippen LogP contribution in [0.4, 0.5) is 19.3 Å². The predicted octanol–water partition coefficient (Wildman–Crippen LogP) is 4.51. The molecule has 0 radical (unpaired) electrons. The van der Waals surface area contributed by atoms with E-state index in [2.05, 4.69) is 26.2 Å². The van der Waals surface area contributed by atoms with Crippen molar-refractivity contribution in [3.05, 3.63) is 57.8 Å². The summed E-state index contributed by atoms with van der Waals surface area (Å²) >= 11 is 3.36. The second-order valence-electron chi connectivity index (χ2n) is 5.80. The number of nitrogens with two attached hydrogens (primary N) is 1. The molecule has 1 unspecified atom stereocenters. The number of unbranched alkanes of at least 4 members (excludes halogenated alkanes) is 1. The number of hydrogen-bond acceptors (Lipinski definition) is 4. The highest BCUT2D eigenvalue weighted by molar-refractivity contribution is 9.10. The summed E-state index contributed by atoms with van der Waals surface area (Å²) in [5.41, 5.74) is 7.01. The number of nitrogens with zero attached hydrogens (tertiary/aromatic N) is 1. The number of ether oxygens (including phenoxy) is 1. The van der Waals surface area contributed by atoms with Crippen LogP contribution in [0.2, 0.25) is 0 Å². The molecule has 1 aromatic carbocycles. The highest BCUT2D eigenvalue weighted by atomic mass is 79.9. The van der Waals surface area contributed by atoms with Crippen LogP contribution in [0.15, 0.2) is 34.9 Å². The zero-order valence-corrected chi connectivity index (χ0v) is 15.9. The van der Waals surface area contributed by atoms with E-state index in [0.29, 0.717) is 28.0 Å². The van der Waals surface area contributed by atoms with Crippen molar-refractivity contribution in [1.29, 1.82) is 0 Å². The number of rotatable bonds is 7. The Morgan fingerprint density at radius 3 is 2.62 bits per heavy atom. The van der Waals surface area contributed by atoms with Crippen molar-refractivity contribution in [2.24, 2.45) is 0 Å². The van der Waals surface area contributed by atoms with Gasteiger partial charge in [0, 0.05) is 10.5 Å². The van der Waals surface area contributed by atoms with Gasteiger partial charge in [-0.15, -0.1) is 0 Å². The highest BCUT2D eigenvalue weighted by Crippen LogP contribution is 2.26. The lowest BCUT2D eigenvalue weighted by Gasteiger charge is -2.20. The molecule has 26 heavy (non-hydrogen) atoms. The first-order valence-electron chi connectivity index (χ1n) is 8.18. The number of anilines is 1. The van der Waals surface area contributed by atoms with E-state index in [-0.39, 0.29) is 6.42 Å². The Labute approximate surface area is 159 Å². The first-order chi connectivity index (χ1) is 12.4. The highest BCUT2D eigenvalue weighted by Gasteiger charge is 2.21. The monoisotopic (exact) mass is 427 g/mol.